The van der Waals surface area contributed by atoms with Crippen LogP contribution in [0.3, 0.4) is 0 Å². The van der Waals surface area contributed by atoms with E-state index in [0.717, 1.165) is 31.7 Å². The Morgan fingerprint density at radius 2 is 2.20 bits per heavy atom. The van der Waals surface area contributed by atoms with Crippen molar-refractivity contribution in [3.05, 3.63) is 0 Å². The van der Waals surface area contributed by atoms with Crippen molar-refractivity contribution in [3.63, 3.8) is 0 Å². The van der Waals surface area contributed by atoms with Crippen molar-refractivity contribution in [1.29, 1.82) is 0 Å². The van der Waals surface area contributed by atoms with Crippen molar-refractivity contribution in [2.45, 2.75) is 24.9 Å². The van der Waals surface area contributed by atoms with E-state index in [9.17, 15) is 9.90 Å². The van der Waals surface area contributed by atoms with Gasteiger partial charge in [-0.25, -0.2) is 0 Å². The first kappa shape index (κ1) is 12.8. The number of aliphatic hydroxyl groups is 1. The van der Waals surface area contributed by atoms with Crippen molar-refractivity contribution in [2.24, 2.45) is 0 Å². The van der Waals surface area contributed by atoms with E-state index in [2.05, 4.69) is 10.1 Å². The van der Waals surface area contributed by atoms with Gasteiger partial charge < -0.3 is 15.2 Å². The molecule has 1 fully saturated rings. The molecule has 0 unspecified atom stereocenters. The van der Waals surface area contributed by atoms with Gasteiger partial charge in [-0.15, -0.1) is 0 Å². The molecule has 0 saturated carbocycles. The average Bonchev–Trinajstić information content (AvgIpc) is 2.25. The lowest BCUT2D eigenvalue weighted by molar-refractivity contribution is -0.140. The first-order chi connectivity index (χ1) is 7.16. The predicted octanol–water partition coefficient (Wildman–Crippen LogP) is 0.397. The van der Waals surface area contributed by atoms with Gasteiger partial charge in [0.2, 0.25) is 0 Å². The molecule has 1 aliphatic heterocycles. The molecule has 1 rings (SSSR count). The van der Waals surface area contributed by atoms with E-state index in [1.807, 2.05) is 0 Å². The monoisotopic (exact) mass is 233 g/mol. The van der Waals surface area contributed by atoms with Crippen LogP contribution in [0, 0.1) is 0 Å². The Hall–Kier alpha value is -0.260. The fraction of sp³-hybridized carbons (Fsp3) is 0.900. The van der Waals surface area contributed by atoms with Gasteiger partial charge in [0.05, 0.1) is 19.1 Å². The van der Waals surface area contributed by atoms with Gasteiger partial charge in [0.1, 0.15) is 0 Å². The summed E-state index contributed by atoms with van der Waals surface area (Å²) in [6.45, 7) is 1.77. The van der Waals surface area contributed by atoms with E-state index in [0.29, 0.717) is 12.2 Å². The number of hydrogen-bond donors (Lipinski definition) is 2. The Labute approximate surface area is 94.8 Å². The lowest BCUT2D eigenvalue weighted by atomic mass is 9.95. The number of methoxy groups -OCH3 is 1. The third-order valence-corrected chi connectivity index (χ3v) is 3.82. The summed E-state index contributed by atoms with van der Waals surface area (Å²) in [5.41, 5.74) is -0.536. The summed E-state index contributed by atoms with van der Waals surface area (Å²) < 4.78 is 4.54. The van der Waals surface area contributed by atoms with Crippen LogP contribution in [0.25, 0.3) is 0 Å². The highest BCUT2D eigenvalue weighted by Gasteiger charge is 2.28. The summed E-state index contributed by atoms with van der Waals surface area (Å²) in [6.07, 6.45) is 2.03. The number of carbonyl (C=O) groups is 1. The molecule has 1 saturated heterocycles. The maximum Gasteiger partial charge on any atom is 0.306 e. The topological polar surface area (TPSA) is 58.6 Å². The number of piperidine rings is 1. The summed E-state index contributed by atoms with van der Waals surface area (Å²) in [6, 6.07) is 0. The molecule has 0 atom stereocenters. The van der Waals surface area contributed by atoms with E-state index in [-0.39, 0.29) is 5.97 Å². The molecule has 0 spiro atoms. The number of carbonyl (C=O) groups excluding carboxylic acids is 1. The maximum atomic E-state index is 10.8. The molecular weight excluding hydrogens is 214 g/mol. The number of hydrogen-bond acceptors (Lipinski definition) is 5. The normalized spacial score (nSPS) is 19.9. The summed E-state index contributed by atoms with van der Waals surface area (Å²) >= 11 is 1.62. The smallest absolute Gasteiger partial charge is 0.306 e. The standard InChI is InChI=1S/C10H19NO3S/c1-14-9(12)2-7-15-8-10(13)3-5-11-6-4-10/h11,13H,2-8H2,1H3. The number of rotatable bonds is 5. The highest BCUT2D eigenvalue weighted by atomic mass is 32.2. The van der Waals surface area contributed by atoms with Crippen LogP contribution < -0.4 is 5.32 Å². The van der Waals surface area contributed by atoms with Crippen LogP contribution in [0.5, 0.6) is 0 Å². The van der Waals surface area contributed by atoms with Crippen LogP contribution in [0.4, 0.5) is 0 Å². The highest BCUT2D eigenvalue weighted by Crippen LogP contribution is 2.23. The van der Waals surface area contributed by atoms with E-state index in [4.69, 9.17) is 0 Å². The van der Waals surface area contributed by atoms with Crippen molar-refractivity contribution in [1.82, 2.24) is 5.32 Å². The molecule has 4 nitrogen and oxygen atoms in total. The number of thioether (sulfide) groups is 1. The van der Waals surface area contributed by atoms with Gasteiger partial charge in [-0.2, -0.15) is 11.8 Å². The zero-order valence-electron chi connectivity index (χ0n) is 9.12. The predicted molar refractivity (Wildman–Crippen MR) is 61.0 cm³/mol. The zero-order chi connectivity index (χ0) is 11.1. The summed E-state index contributed by atoms with van der Waals surface area (Å²) in [5.74, 6) is 1.26. The molecule has 0 aromatic carbocycles. The first-order valence-corrected chi connectivity index (χ1v) is 6.39. The van der Waals surface area contributed by atoms with E-state index >= 15 is 0 Å². The van der Waals surface area contributed by atoms with Gasteiger partial charge in [0.25, 0.3) is 0 Å². The van der Waals surface area contributed by atoms with Crippen LogP contribution in [-0.4, -0.2) is 48.4 Å². The first-order valence-electron chi connectivity index (χ1n) is 5.24. The van der Waals surface area contributed by atoms with Crippen molar-refractivity contribution in [2.75, 3.05) is 31.7 Å². The maximum absolute atomic E-state index is 10.8. The minimum Gasteiger partial charge on any atom is -0.469 e. The second-order valence-electron chi connectivity index (χ2n) is 3.85. The van der Waals surface area contributed by atoms with Crippen LogP contribution in [0.1, 0.15) is 19.3 Å². The van der Waals surface area contributed by atoms with Gasteiger partial charge in [-0.3, -0.25) is 4.79 Å². The molecule has 1 heterocycles. The summed E-state index contributed by atoms with van der Waals surface area (Å²) in [5, 5.41) is 13.3. The largest absolute Gasteiger partial charge is 0.469 e. The summed E-state index contributed by atoms with van der Waals surface area (Å²) in [4.78, 5) is 10.8. The fourth-order valence-electron chi connectivity index (χ4n) is 1.56. The van der Waals surface area contributed by atoms with E-state index < -0.39 is 5.60 Å². The third kappa shape index (κ3) is 4.86. The minimum absolute atomic E-state index is 0.181. The number of ether oxygens (including phenoxy) is 1. The highest BCUT2D eigenvalue weighted by molar-refractivity contribution is 7.99. The molecular formula is C10H19NO3S. The molecule has 0 aromatic heterocycles. The number of esters is 1. The minimum atomic E-state index is -0.536. The third-order valence-electron chi connectivity index (χ3n) is 2.58. The lowest BCUT2D eigenvalue weighted by Gasteiger charge is -2.32. The van der Waals surface area contributed by atoms with Gasteiger partial charge in [-0.1, -0.05) is 0 Å². The molecule has 88 valence electrons. The van der Waals surface area contributed by atoms with Crippen molar-refractivity contribution >= 4 is 17.7 Å². The van der Waals surface area contributed by atoms with E-state index in [1.165, 1.54) is 7.11 Å². The quantitative estimate of drug-likeness (QED) is 0.531. The molecule has 1 aliphatic rings. The van der Waals surface area contributed by atoms with Gasteiger partial charge in [0, 0.05) is 11.5 Å². The fourth-order valence-corrected chi connectivity index (χ4v) is 2.68. The summed E-state index contributed by atoms with van der Waals surface area (Å²) in [7, 11) is 1.40. The van der Waals surface area contributed by atoms with Crippen molar-refractivity contribution in [3.8, 4) is 0 Å². The molecule has 15 heavy (non-hydrogen) atoms. The second-order valence-corrected chi connectivity index (χ2v) is 4.96. The van der Waals surface area contributed by atoms with Gasteiger partial charge >= 0.3 is 5.97 Å². The van der Waals surface area contributed by atoms with E-state index in [1.54, 1.807) is 11.8 Å². The second kappa shape index (κ2) is 6.35. The Morgan fingerprint density at radius 3 is 2.80 bits per heavy atom. The van der Waals surface area contributed by atoms with Crippen LogP contribution >= 0.6 is 11.8 Å². The van der Waals surface area contributed by atoms with Crippen LogP contribution in [-0.2, 0) is 9.53 Å². The molecule has 0 bridgehead atoms. The zero-order valence-corrected chi connectivity index (χ0v) is 9.94. The number of nitrogens with one attached hydrogen (secondary N) is 1. The Morgan fingerprint density at radius 1 is 1.53 bits per heavy atom. The Bertz CT molecular complexity index is 205. The molecule has 2 N–H and O–H groups in total. The van der Waals surface area contributed by atoms with Crippen LogP contribution in [0.2, 0.25) is 0 Å². The van der Waals surface area contributed by atoms with Gasteiger partial charge in [-0.05, 0) is 25.9 Å². The van der Waals surface area contributed by atoms with Gasteiger partial charge in [0.15, 0.2) is 0 Å². The molecule has 5 heteroatoms. The SMILES string of the molecule is COC(=O)CCSCC1(O)CCNCC1. The average molecular weight is 233 g/mol. The van der Waals surface area contributed by atoms with Crippen LogP contribution in [0.15, 0.2) is 0 Å². The lowest BCUT2D eigenvalue weighted by Crippen LogP contribution is -2.43. The molecule has 0 amide bonds. The Kier molecular flexibility index (Phi) is 5.42. The Balaban J connectivity index is 2.10. The molecule has 0 aliphatic carbocycles. The molecule has 0 radical (unpaired) electrons. The van der Waals surface area contributed by atoms with Crippen molar-refractivity contribution < 1.29 is 14.6 Å². The molecule has 0 aromatic rings.